The van der Waals surface area contributed by atoms with Crippen LogP contribution in [0.15, 0.2) is 48.8 Å². The van der Waals surface area contributed by atoms with Gasteiger partial charge in [0.2, 0.25) is 0 Å². The highest BCUT2D eigenvalue weighted by atomic mass is 35.5. The number of nitrogens with zero attached hydrogens (tertiary/aromatic N) is 2. The summed E-state index contributed by atoms with van der Waals surface area (Å²) in [5.41, 5.74) is 4.96. The highest BCUT2D eigenvalue weighted by Crippen LogP contribution is 2.29. The molecule has 0 bridgehead atoms. The van der Waals surface area contributed by atoms with E-state index in [1.807, 2.05) is 57.2 Å². The summed E-state index contributed by atoms with van der Waals surface area (Å²) in [6.45, 7) is 5.95. The van der Waals surface area contributed by atoms with E-state index >= 15 is 0 Å². The molecular formula is C20H19ClN4O. The maximum Gasteiger partial charge on any atom is 0.275 e. The number of carbonyl (C=O) groups is 1. The van der Waals surface area contributed by atoms with Crippen molar-refractivity contribution in [3.8, 4) is 0 Å². The van der Waals surface area contributed by atoms with Crippen molar-refractivity contribution in [3.63, 3.8) is 0 Å². The Labute approximate surface area is 157 Å². The SMILES string of the molecule is Cc1ccc(NC(=O)c2cnc(Nc3c(C)cc(C)cc3Cl)cn2)cc1. The molecule has 1 heterocycles. The molecule has 0 saturated carbocycles. The van der Waals surface area contributed by atoms with Crippen LogP contribution in [-0.4, -0.2) is 15.9 Å². The van der Waals surface area contributed by atoms with Crippen LogP contribution in [0.3, 0.4) is 0 Å². The summed E-state index contributed by atoms with van der Waals surface area (Å²) in [7, 11) is 0. The number of anilines is 3. The lowest BCUT2D eigenvalue weighted by atomic mass is 10.1. The fourth-order valence-electron chi connectivity index (χ4n) is 2.54. The van der Waals surface area contributed by atoms with Crippen LogP contribution in [-0.2, 0) is 0 Å². The molecule has 0 radical (unpaired) electrons. The van der Waals surface area contributed by atoms with E-state index < -0.39 is 0 Å². The molecule has 6 heteroatoms. The van der Waals surface area contributed by atoms with Crippen molar-refractivity contribution in [3.05, 3.63) is 76.2 Å². The van der Waals surface area contributed by atoms with Crippen LogP contribution < -0.4 is 10.6 Å². The van der Waals surface area contributed by atoms with Crippen molar-refractivity contribution < 1.29 is 4.79 Å². The summed E-state index contributed by atoms with van der Waals surface area (Å²) in [6, 6.07) is 11.5. The number of nitrogens with one attached hydrogen (secondary N) is 2. The third kappa shape index (κ3) is 4.18. The van der Waals surface area contributed by atoms with Gasteiger partial charge in [0.1, 0.15) is 11.5 Å². The van der Waals surface area contributed by atoms with E-state index in [-0.39, 0.29) is 11.6 Å². The van der Waals surface area contributed by atoms with Gasteiger partial charge in [0, 0.05) is 5.69 Å². The number of benzene rings is 2. The Morgan fingerprint density at radius 2 is 1.69 bits per heavy atom. The van der Waals surface area contributed by atoms with Crippen molar-refractivity contribution in [2.75, 3.05) is 10.6 Å². The van der Waals surface area contributed by atoms with E-state index in [2.05, 4.69) is 20.6 Å². The minimum Gasteiger partial charge on any atom is -0.338 e. The molecule has 132 valence electrons. The fraction of sp³-hybridized carbons (Fsp3) is 0.150. The number of amides is 1. The van der Waals surface area contributed by atoms with Gasteiger partial charge in [-0.15, -0.1) is 0 Å². The van der Waals surface area contributed by atoms with Gasteiger partial charge >= 0.3 is 0 Å². The Hall–Kier alpha value is -2.92. The van der Waals surface area contributed by atoms with Crippen LogP contribution in [0.25, 0.3) is 0 Å². The monoisotopic (exact) mass is 366 g/mol. The molecule has 0 aliphatic rings. The third-order valence-electron chi connectivity index (χ3n) is 3.88. The molecule has 5 nitrogen and oxygen atoms in total. The van der Waals surface area contributed by atoms with Gasteiger partial charge < -0.3 is 10.6 Å². The molecule has 1 aromatic heterocycles. The summed E-state index contributed by atoms with van der Waals surface area (Å²) in [5, 5.41) is 6.56. The standard InChI is InChI=1S/C20H19ClN4O/c1-12-4-6-15(7-5-12)24-20(26)17-10-23-18(11-22-17)25-19-14(3)8-13(2)9-16(19)21/h4-11H,1-3H3,(H,23,25)(H,24,26). The normalized spacial score (nSPS) is 10.5. The van der Waals surface area contributed by atoms with Crippen molar-refractivity contribution in [1.82, 2.24) is 9.97 Å². The summed E-state index contributed by atoms with van der Waals surface area (Å²) in [6.07, 6.45) is 2.95. The minimum atomic E-state index is -0.308. The first kappa shape index (κ1) is 17.9. The zero-order valence-electron chi connectivity index (χ0n) is 14.8. The first-order valence-electron chi connectivity index (χ1n) is 8.16. The van der Waals surface area contributed by atoms with E-state index in [1.54, 1.807) is 0 Å². The molecule has 0 fully saturated rings. The van der Waals surface area contributed by atoms with E-state index in [0.29, 0.717) is 16.5 Å². The molecule has 2 N–H and O–H groups in total. The van der Waals surface area contributed by atoms with Crippen molar-refractivity contribution in [2.45, 2.75) is 20.8 Å². The average Bonchev–Trinajstić information content (AvgIpc) is 2.60. The molecular weight excluding hydrogens is 348 g/mol. The third-order valence-corrected chi connectivity index (χ3v) is 4.18. The number of hydrogen-bond donors (Lipinski definition) is 2. The van der Waals surface area contributed by atoms with Crippen LogP contribution in [0.5, 0.6) is 0 Å². The zero-order valence-corrected chi connectivity index (χ0v) is 15.6. The van der Waals surface area contributed by atoms with Gasteiger partial charge in [-0.05, 0) is 50.1 Å². The second-order valence-corrected chi connectivity index (χ2v) is 6.58. The lowest BCUT2D eigenvalue weighted by molar-refractivity contribution is 0.102. The van der Waals surface area contributed by atoms with E-state index in [0.717, 1.165) is 22.4 Å². The van der Waals surface area contributed by atoms with E-state index in [1.165, 1.54) is 12.4 Å². The van der Waals surface area contributed by atoms with Gasteiger partial charge in [0.15, 0.2) is 0 Å². The van der Waals surface area contributed by atoms with Gasteiger partial charge in [0.25, 0.3) is 5.91 Å². The Morgan fingerprint density at radius 1 is 0.962 bits per heavy atom. The molecule has 3 rings (SSSR count). The molecule has 0 spiro atoms. The van der Waals surface area contributed by atoms with E-state index in [4.69, 9.17) is 11.6 Å². The first-order valence-corrected chi connectivity index (χ1v) is 8.54. The smallest absolute Gasteiger partial charge is 0.275 e. The van der Waals surface area contributed by atoms with Crippen molar-refractivity contribution in [1.29, 1.82) is 0 Å². The molecule has 0 saturated heterocycles. The quantitative estimate of drug-likeness (QED) is 0.678. The van der Waals surface area contributed by atoms with Crippen molar-refractivity contribution >= 4 is 34.7 Å². The van der Waals surface area contributed by atoms with Gasteiger partial charge in [0.05, 0.1) is 23.1 Å². The predicted octanol–water partition coefficient (Wildman–Crippen LogP) is 5.05. The Balaban J connectivity index is 1.72. The number of rotatable bonds is 4. The molecule has 2 aromatic carbocycles. The maximum atomic E-state index is 12.3. The summed E-state index contributed by atoms with van der Waals surface area (Å²) < 4.78 is 0. The Bertz CT molecular complexity index is 914. The second kappa shape index (κ2) is 7.54. The summed E-state index contributed by atoms with van der Waals surface area (Å²) >= 11 is 6.29. The summed E-state index contributed by atoms with van der Waals surface area (Å²) in [4.78, 5) is 20.7. The van der Waals surface area contributed by atoms with Crippen LogP contribution in [0.4, 0.5) is 17.2 Å². The highest BCUT2D eigenvalue weighted by Gasteiger charge is 2.10. The minimum absolute atomic E-state index is 0.239. The van der Waals surface area contributed by atoms with Gasteiger partial charge in [-0.25, -0.2) is 9.97 Å². The Morgan fingerprint density at radius 3 is 2.31 bits per heavy atom. The largest absolute Gasteiger partial charge is 0.338 e. The number of carbonyl (C=O) groups excluding carboxylic acids is 1. The molecule has 0 aliphatic carbocycles. The highest BCUT2D eigenvalue weighted by molar-refractivity contribution is 6.33. The lowest BCUT2D eigenvalue weighted by Gasteiger charge is -2.12. The lowest BCUT2D eigenvalue weighted by Crippen LogP contribution is -2.14. The molecule has 0 atom stereocenters. The molecule has 1 amide bonds. The van der Waals surface area contributed by atoms with Crippen LogP contribution >= 0.6 is 11.6 Å². The number of hydrogen-bond acceptors (Lipinski definition) is 4. The number of aromatic nitrogens is 2. The van der Waals surface area contributed by atoms with Crippen LogP contribution in [0.2, 0.25) is 5.02 Å². The maximum absolute atomic E-state index is 12.3. The van der Waals surface area contributed by atoms with Gasteiger partial charge in [-0.1, -0.05) is 35.4 Å². The first-order chi connectivity index (χ1) is 12.4. The zero-order chi connectivity index (χ0) is 18.7. The van der Waals surface area contributed by atoms with Gasteiger partial charge in [-0.3, -0.25) is 4.79 Å². The van der Waals surface area contributed by atoms with Crippen LogP contribution in [0, 0.1) is 20.8 Å². The van der Waals surface area contributed by atoms with Crippen molar-refractivity contribution in [2.24, 2.45) is 0 Å². The number of aryl methyl sites for hydroxylation is 3. The van der Waals surface area contributed by atoms with Crippen LogP contribution in [0.1, 0.15) is 27.2 Å². The molecule has 0 unspecified atom stereocenters. The number of halogens is 1. The predicted molar refractivity (Wildman–Crippen MR) is 105 cm³/mol. The summed E-state index contributed by atoms with van der Waals surface area (Å²) in [5.74, 6) is 0.211. The Kier molecular flexibility index (Phi) is 5.19. The fourth-order valence-corrected chi connectivity index (χ4v) is 2.91. The topological polar surface area (TPSA) is 66.9 Å². The molecule has 26 heavy (non-hydrogen) atoms. The average molecular weight is 367 g/mol. The van der Waals surface area contributed by atoms with Gasteiger partial charge in [-0.2, -0.15) is 0 Å². The van der Waals surface area contributed by atoms with E-state index in [9.17, 15) is 4.79 Å². The molecule has 3 aromatic rings. The molecule has 0 aliphatic heterocycles. The second-order valence-electron chi connectivity index (χ2n) is 6.17.